The van der Waals surface area contributed by atoms with Crippen molar-refractivity contribution in [3.63, 3.8) is 0 Å². The fourth-order valence-electron chi connectivity index (χ4n) is 3.55. The third kappa shape index (κ3) is 4.02. The Morgan fingerprint density at radius 2 is 1.77 bits per heavy atom. The lowest BCUT2D eigenvalue weighted by molar-refractivity contribution is -0.140. The van der Waals surface area contributed by atoms with Gasteiger partial charge in [-0.15, -0.1) is 0 Å². The van der Waals surface area contributed by atoms with Gasteiger partial charge in [-0.1, -0.05) is 30.3 Å². The second-order valence-electron chi connectivity index (χ2n) is 7.27. The van der Waals surface area contributed by atoms with Crippen LogP contribution in [-0.2, 0) is 9.59 Å². The van der Waals surface area contributed by atoms with Crippen molar-refractivity contribution in [1.82, 2.24) is 9.80 Å². The number of ether oxygens (including phenoxy) is 2. The highest BCUT2D eigenvalue weighted by Crippen LogP contribution is 2.43. The van der Waals surface area contributed by atoms with Gasteiger partial charge in [0.15, 0.2) is 0 Å². The van der Waals surface area contributed by atoms with E-state index in [0.29, 0.717) is 35.7 Å². The molecule has 0 bridgehead atoms. The van der Waals surface area contributed by atoms with Crippen molar-refractivity contribution in [3.8, 4) is 11.5 Å². The molecule has 0 saturated carbocycles. The van der Waals surface area contributed by atoms with Crippen molar-refractivity contribution in [2.24, 2.45) is 0 Å². The summed E-state index contributed by atoms with van der Waals surface area (Å²) in [7, 11) is 6.84. The van der Waals surface area contributed by atoms with E-state index in [1.165, 1.54) is 12.0 Å². The first-order valence-corrected chi connectivity index (χ1v) is 9.59. The van der Waals surface area contributed by atoms with E-state index in [1.54, 1.807) is 49.6 Å². The number of rotatable bonds is 7. The molecule has 1 amide bonds. The molecule has 1 aliphatic heterocycles. The van der Waals surface area contributed by atoms with Crippen LogP contribution >= 0.6 is 0 Å². The first-order chi connectivity index (χ1) is 14.4. The fourth-order valence-corrected chi connectivity index (χ4v) is 3.55. The summed E-state index contributed by atoms with van der Waals surface area (Å²) in [6, 6.07) is 13.1. The average molecular weight is 410 g/mol. The summed E-state index contributed by atoms with van der Waals surface area (Å²) in [5.41, 5.74) is 1.08. The Morgan fingerprint density at radius 3 is 2.37 bits per heavy atom. The number of nitrogens with zero attached hydrogens (tertiary/aromatic N) is 2. The minimum atomic E-state index is -0.796. The molecular formula is C23H26N2O5. The Kier molecular flexibility index (Phi) is 6.42. The second kappa shape index (κ2) is 9.00. The zero-order chi connectivity index (χ0) is 21.8. The van der Waals surface area contributed by atoms with E-state index >= 15 is 0 Å². The maximum Gasteiger partial charge on any atom is 0.295 e. The van der Waals surface area contributed by atoms with Gasteiger partial charge in [0.2, 0.25) is 0 Å². The van der Waals surface area contributed by atoms with Gasteiger partial charge in [-0.2, -0.15) is 0 Å². The Hall–Kier alpha value is -3.32. The van der Waals surface area contributed by atoms with E-state index < -0.39 is 17.7 Å². The molecule has 1 aliphatic rings. The van der Waals surface area contributed by atoms with E-state index in [1.807, 2.05) is 25.1 Å². The van der Waals surface area contributed by atoms with Crippen molar-refractivity contribution >= 4 is 17.4 Å². The minimum Gasteiger partial charge on any atom is -0.507 e. The Morgan fingerprint density at radius 1 is 1.07 bits per heavy atom. The van der Waals surface area contributed by atoms with Crippen LogP contribution in [0.1, 0.15) is 17.2 Å². The van der Waals surface area contributed by atoms with Crippen molar-refractivity contribution in [2.45, 2.75) is 6.04 Å². The lowest BCUT2D eigenvalue weighted by Gasteiger charge is -2.28. The Balaban J connectivity index is 2.23. The van der Waals surface area contributed by atoms with Gasteiger partial charge in [0.05, 0.1) is 25.8 Å². The molecule has 7 heteroatoms. The molecule has 158 valence electrons. The molecule has 1 N–H and O–H groups in total. The van der Waals surface area contributed by atoms with Gasteiger partial charge in [0.25, 0.3) is 11.7 Å². The second-order valence-corrected chi connectivity index (χ2v) is 7.27. The van der Waals surface area contributed by atoms with Crippen LogP contribution in [0.4, 0.5) is 0 Å². The van der Waals surface area contributed by atoms with Crippen molar-refractivity contribution in [2.75, 3.05) is 41.4 Å². The van der Waals surface area contributed by atoms with Gasteiger partial charge < -0.3 is 24.4 Å². The predicted molar refractivity (Wildman–Crippen MR) is 114 cm³/mol. The number of aliphatic hydroxyl groups is 1. The number of carbonyl (C=O) groups is 2. The van der Waals surface area contributed by atoms with Crippen molar-refractivity contribution in [3.05, 3.63) is 65.2 Å². The molecule has 1 heterocycles. The maximum absolute atomic E-state index is 13.0. The topological polar surface area (TPSA) is 79.3 Å². The van der Waals surface area contributed by atoms with E-state index in [0.717, 1.165) is 0 Å². The molecule has 2 aromatic carbocycles. The first kappa shape index (κ1) is 21.4. The third-order valence-electron chi connectivity index (χ3n) is 5.11. The van der Waals surface area contributed by atoms with Crippen LogP contribution in [0.2, 0.25) is 0 Å². The predicted octanol–water partition coefficient (Wildman–Crippen LogP) is 2.69. The summed E-state index contributed by atoms with van der Waals surface area (Å²) < 4.78 is 10.9. The number of hydrogen-bond donors (Lipinski definition) is 1. The number of aliphatic hydroxyl groups excluding tert-OH is 1. The molecule has 0 spiro atoms. The largest absolute Gasteiger partial charge is 0.507 e. The molecule has 30 heavy (non-hydrogen) atoms. The quantitative estimate of drug-likeness (QED) is 0.430. The van der Waals surface area contributed by atoms with Gasteiger partial charge >= 0.3 is 0 Å². The molecule has 0 unspecified atom stereocenters. The van der Waals surface area contributed by atoms with Crippen LogP contribution in [0.25, 0.3) is 5.76 Å². The molecule has 0 aliphatic carbocycles. The summed E-state index contributed by atoms with van der Waals surface area (Å²) >= 11 is 0. The smallest absolute Gasteiger partial charge is 0.295 e. The highest BCUT2D eigenvalue weighted by atomic mass is 16.5. The number of Topliss-reactive ketones (excluding diaryl/α,β-unsaturated/α-hetero) is 1. The third-order valence-corrected chi connectivity index (χ3v) is 5.11. The lowest BCUT2D eigenvalue weighted by Crippen LogP contribution is -2.35. The van der Waals surface area contributed by atoms with E-state index in [4.69, 9.17) is 9.47 Å². The van der Waals surface area contributed by atoms with Crippen LogP contribution in [0.5, 0.6) is 11.5 Å². The summed E-state index contributed by atoms with van der Waals surface area (Å²) in [5, 5.41) is 11.0. The molecule has 1 saturated heterocycles. The maximum atomic E-state index is 13.0. The Bertz CT molecular complexity index is 969. The zero-order valence-electron chi connectivity index (χ0n) is 17.6. The summed E-state index contributed by atoms with van der Waals surface area (Å²) in [5.74, 6) is -0.523. The number of ketones is 1. The van der Waals surface area contributed by atoms with E-state index in [-0.39, 0.29) is 11.3 Å². The number of hydrogen-bond acceptors (Lipinski definition) is 6. The molecule has 3 rings (SSSR count). The highest BCUT2D eigenvalue weighted by molar-refractivity contribution is 6.46. The number of methoxy groups -OCH3 is 2. The minimum absolute atomic E-state index is 0.0384. The summed E-state index contributed by atoms with van der Waals surface area (Å²) in [4.78, 5) is 29.4. The van der Waals surface area contributed by atoms with Crippen LogP contribution in [0.15, 0.2) is 54.1 Å². The van der Waals surface area contributed by atoms with Crippen LogP contribution < -0.4 is 9.47 Å². The van der Waals surface area contributed by atoms with Gasteiger partial charge in [-0.05, 0) is 32.3 Å². The molecule has 2 aromatic rings. The van der Waals surface area contributed by atoms with Gasteiger partial charge in [-0.25, -0.2) is 0 Å². The molecule has 0 aromatic heterocycles. The van der Waals surface area contributed by atoms with E-state index in [9.17, 15) is 14.7 Å². The number of carbonyl (C=O) groups excluding carboxylic acids is 2. The monoisotopic (exact) mass is 410 g/mol. The van der Waals surface area contributed by atoms with Gasteiger partial charge in [-0.3, -0.25) is 9.59 Å². The van der Waals surface area contributed by atoms with Crippen molar-refractivity contribution in [1.29, 1.82) is 0 Å². The average Bonchev–Trinajstić information content (AvgIpc) is 3.01. The molecular weight excluding hydrogens is 384 g/mol. The summed E-state index contributed by atoms with van der Waals surface area (Å²) in [6.07, 6.45) is 0. The Labute approximate surface area is 176 Å². The number of likely N-dealkylation sites (tertiary alicyclic amines) is 1. The molecule has 7 nitrogen and oxygen atoms in total. The van der Waals surface area contributed by atoms with Crippen LogP contribution in [-0.4, -0.2) is 68.0 Å². The number of benzene rings is 2. The van der Waals surface area contributed by atoms with Crippen molar-refractivity contribution < 1.29 is 24.2 Å². The molecule has 1 atom stereocenters. The van der Waals surface area contributed by atoms with Crippen LogP contribution in [0.3, 0.4) is 0 Å². The SMILES string of the molecule is COc1ccc(OC)c([C@H]2C(=C(O)c3ccccc3)C(=O)C(=O)N2CCN(C)C)c1. The van der Waals surface area contributed by atoms with Gasteiger partial charge in [0.1, 0.15) is 17.3 Å². The fraction of sp³-hybridized carbons (Fsp3) is 0.304. The zero-order valence-corrected chi connectivity index (χ0v) is 17.6. The lowest BCUT2D eigenvalue weighted by atomic mass is 9.94. The molecule has 0 radical (unpaired) electrons. The highest BCUT2D eigenvalue weighted by Gasteiger charge is 2.47. The first-order valence-electron chi connectivity index (χ1n) is 9.59. The summed E-state index contributed by atoms with van der Waals surface area (Å²) in [6.45, 7) is 0.870. The van der Waals surface area contributed by atoms with Crippen LogP contribution in [0, 0.1) is 0 Å². The number of likely N-dealkylation sites (N-methyl/N-ethyl adjacent to an activating group) is 1. The van der Waals surface area contributed by atoms with Gasteiger partial charge in [0, 0.05) is 24.2 Å². The van der Waals surface area contributed by atoms with E-state index in [2.05, 4.69) is 0 Å². The normalized spacial score (nSPS) is 18.2. The molecule has 1 fully saturated rings. The number of amides is 1. The standard InChI is InChI=1S/C23H26N2O5/c1-24(2)12-13-25-20(17-14-16(29-3)10-11-18(17)30-4)19(22(27)23(25)28)21(26)15-8-6-5-7-9-15/h5-11,14,20,26H,12-13H2,1-4H3/t20-/m0/s1.